The van der Waals surface area contributed by atoms with E-state index in [0.717, 1.165) is 10.3 Å². The van der Waals surface area contributed by atoms with Crippen molar-refractivity contribution in [2.24, 2.45) is 0 Å². The van der Waals surface area contributed by atoms with E-state index in [1.807, 2.05) is 13.0 Å². The van der Waals surface area contributed by atoms with Crippen LogP contribution in [0.4, 0.5) is 0 Å². The fourth-order valence-corrected chi connectivity index (χ4v) is 3.20. The minimum absolute atomic E-state index is 0.538. The Kier molecular flexibility index (Phi) is 2.76. The summed E-state index contributed by atoms with van der Waals surface area (Å²) in [6.45, 7) is 1.83. The molecule has 0 aromatic carbocycles. The molecule has 1 rings (SSSR count). The summed E-state index contributed by atoms with van der Waals surface area (Å²) < 4.78 is 0.742. The Bertz CT molecular complexity index is 247. The van der Waals surface area contributed by atoms with Gasteiger partial charge >= 0.3 is 7.42 Å². The van der Waals surface area contributed by atoms with Crippen LogP contribution in [0.1, 0.15) is 5.56 Å². The molecule has 60 valence electrons. The minimum Gasteiger partial charge on any atom is -0.619 e. The van der Waals surface area contributed by atoms with Gasteiger partial charge in [-0.1, -0.05) is 0 Å². The Labute approximate surface area is 76.0 Å². The van der Waals surface area contributed by atoms with E-state index in [-0.39, 0.29) is 0 Å². The maximum absolute atomic E-state index is 11.1. The summed E-state index contributed by atoms with van der Waals surface area (Å²) in [4.78, 5) is 0. The molecular weight excluding hydrogens is 201 g/mol. The monoisotopic (exact) mass is 207 g/mol. The molecule has 0 saturated heterocycles. The highest BCUT2D eigenvalue weighted by Crippen LogP contribution is 1.98. The Morgan fingerprint density at radius 2 is 2.18 bits per heavy atom. The van der Waals surface area contributed by atoms with Crippen molar-refractivity contribution in [3.8, 4) is 0 Å². The third-order valence-corrected chi connectivity index (χ3v) is 3.78. The quantitative estimate of drug-likeness (QED) is 0.286. The molecule has 0 aliphatic carbocycles. The second-order valence-electron chi connectivity index (χ2n) is 2.20. The number of nitrogens with zero attached hydrogens (tertiary/aromatic N) is 1. The number of halogens is 2. The lowest BCUT2D eigenvalue weighted by molar-refractivity contribution is -0.586. The lowest BCUT2D eigenvalue weighted by Gasteiger charge is -2.05. The molecule has 0 aliphatic heterocycles. The van der Waals surface area contributed by atoms with Gasteiger partial charge in [0.2, 0.25) is 0 Å². The van der Waals surface area contributed by atoms with Crippen molar-refractivity contribution in [3.05, 3.63) is 29.1 Å². The molecule has 1 heterocycles. The number of hydrogen-bond acceptors (Lipinski definition) is 1. The van der Waals surface area contributed by atoms with E-state index >= 15 is 0 Å². The smallest absolute Gasteiger partial charge is 0.341 e. The molecular formula is C6H7Cl2NOSi. The summed E-state index contributed by atoms with van der Waals surface area (Å²) in [5.74, 6) is 0. The van der Waals surface area contributed by atoms with E-state index in [4.69, 9.17) is 22.2 Å². The molecule has 0 aliphatic rings. The van der Waals surface area contributed by atoms with E-state index in [1.165, 1.54) is 6.20 Å². The van der Waals surface area contributed by atoms with E-state index < -0.39 is 7.42 Å². The van der Waals surface area contributed by atoms with Gasteiger partial charge in [-0.15, -0.1) is 22.2 Å². The molecule has 0 saturated carbocycles. The molecule has 0 atom stereocenters. The van der Waals surface area contributed by atoms with E-state index in [0.29, 0.717) is 5.32 Å². The van der Waals surface area contributed by atoms with E-state index in [2.05, 4.69) is 0 Å². The highest BCUT2D eigenvalue weighted by Gasteiger charge is 2.18. The van der Waals surface area contributed by atoms with Crippen LogP contribution in [0.3, 0.4) is 0 Å². The van der Waals surface area contributed by atoms with Crippen molar-refractivity contribution in [2.45, 2.75) is 6.92 Å². The minimum atomic E-state index is -2.01. The van der Waals surface area contributed by atoms with Gasteiger partial charge in [0, 0.05) is 11.6 Å². The van der Waals surface area contributed by atoms with Crippen LogP contribution >= 0.6 is 22.2 Å². The summed E-state index contributed by atoms with van der Waals surface area (Å²) in [6.07, 6.45) is 1.41. The molecule has 1 aromatic rings. The number of hydrogen-bond donors (Lipinski definition) is 0. The molecule has 11 heavy (non-hydrogen) atoms. The summed E-state index contributed by atoms with van der Waals surface area (Å²) in [7, 11) is -2.01. The average Bonchev–Trinajstić information content (AvgIpc) is 1.85. The van der Waals surface area contributed by atoms with Gasteiger partial charge in [-0.3, -0.25) is 0 Å². The Morgan fingerprint density at radius 3 is 2.55 bits per heavy atom. The van der Waals surface area contributed by atoms with Crippen LogP contribution in [-0.2, 0) is 0 Å². The van der Waals surface area contributed by atoms with Crippen LogP contribution in [0.2, 0.25) is 0 Å². The SMILES string of the molecule is Cc1ccc[n+]([O-])c1[SiH](Cl)Cl. The van der Waals surface area contributed by atoms with Gasteiger partial charge in [-0.2, -0.15) is 4.73 Å². The summed E-state index contributed by atoms with van der Waals surface area (Å²) in [5, 5.41) is 11.6. The first kappa shape index (κ1) is 8.84. The highest BCUT2D eigenvalue weighted by atomic mass is 35.7. The van der Waals surface area contributed by atoms with Crippen LogP contribution in [0.25, 0.3) is 0 Å². The average molecular weight is 208 g/mol. The normalized spacial score (nSPS) is 10.5. The lowest BCUT2D eigenvalue weighted by atomic mass is 10.3. The fraction of sp³-hybridized carbons (Fsp3) is 0.167. The second kappa shape index (κ2) is 3.43. The van der Waals surface area contributed by atoms with Crippen LogP contribution in [0.15, 0.2) is 18.3 Å². The summed E-state index contributed by atoms with van der Waals surface area (Å²) in [6, 6.07) is 3.50. The van der Waals surface area contributed by atoms with Crippen LogP contribution < -0.4 is 10.0 Å². The number of aryl methyl sites for hydroxylation is 1. The number of aromatic nitrogens is 1. The van der Waals surface area contributed by atoms with Crippen molar-refractivity contribution in [2.75, 3.05) is 0 Å². The Balaban J connectivity index is 3.21. The van der Waals surface area contributed by atoms with Gasteiger partial charge in [0.15, 0.2) is 11.5 Å². The van der Waals surface area contributed by atoms with Crippen molar-refractivity contribution < 1.29 is 4.73 Å². The predicted octanol–water partition coefficient (Wildman–Crippen LogP) is 0.534. The van der Waals surface area contributed by atoms with Gasteiger partial charge < -0.3 is 5.21 Å². The predicted molar refractivity (Wildman–Crippen MR) is 48.6 cm³/mol. The van der Waals surface area contributed by atoms with Gasteiger partial charge in [0.05, 0.1) is 0 Å². The molecule has 0 fully saturated rings. The molecule has 5 heteroatoms. The lowest BCUT2D eigenvalue weighted by Crippen LogP contribution is -2.51. The molecule has 0 unspecified atom stereocenters. The summed E-state index contributed by atoms with van der Waals surface area (Å²) >= 11 is 11.4. The zero-order chi connectivity index (χ0) is 8.43. The zero-order valence-corrected chi connectivity index (χ0v) is 8.59. The largest absolute Gasteiger partial charge is 0.619 e. The standard InChI is InChI=1S/C6H7Cl2NOSi/c1-5-3-2-4-9(10)6(5)11(7)8/h2-4,11H,1H3. The maximum atomic E-state index is 11.1. The van der Waals surface area contributed by atoms with Gasteiger partial charge in [-0.05, 0) is 13.0 Å². The first-order valence-electron chi connectivity index (χ1n) is 3.09. The van der Waals surface area contributed by atoms with Gasteiger partial charge in [-0.25, -0.2) is 0 Å². The number of rotatable bonds is 1. The van der Waals surface area contributed by atoms with Crippen molar-refractivity contribution in [3.63, 3.8) is 0 Å². The first-order chi connectivity index (χ1) is 5.13. The maximum Gasteiger partial charge on any atom is 0.341 e. The molecule has 0 bridgehead atoms. The fourth-order valence-electron chi connectivity index (χ4n) is 0.873. The molecule has 0 radical (unpaired) electrons. The molecule has 0 spiro atoms. The molecule has 1 aromatic heterocycles. The topological polar surface area (TPSA) is 26.9 Å². The molecule has 0 amide bonds. The summed E-state index contributed by atoms with van der Waals surface area (Å²) in [5.41, 5.74) is 0.865. The van der Waals surface area contributed by atoms with Crippen LogP contribution in [0.5, 0.6) is 0 Å². The second-order valence-corrected chi connectivity index (χ2v) is 6.64. The van der Waals surface area contributed by atoms with Crippen LogP contribution in [-0.4, -0.2) is 7.42 Å². The number of pyridine rings is 1. The Morgan fingerprint density at radius 1 is 1.55 bits per heavy atom. The van der Waals surface area contributed by atoms with Gasteiger partial charge in [0.25, 0.3) is 0 Å². The third kappa shape index (κ3) is 1.86. The first-order valence-corrected chi connectivity index (χ1v) is 7.16. The Hall–Kier alpha value is -0.253. The van der Waals surface area contributed by atoms with Crippen molar-refractivity contribution >= 4 is 34.9 Å². The van der Waals surface area contributed by atoms with Gasteiger partial charge in [0.1, 0.15) is 0 Å². The van der Waals surface area contributed by atoms with E-state index in [9.17, 15) is 5.21 Å². The zero-order valence-electron chi connectivity index (χ0n) is 5.92. The van der Waals surface area contributed by atoms with Crippen LogP contribution in [0, 0.1) is 12.1 Å². The molecule has 0 N–H and O–H groups in total. The van der Waals surface area contributed by atoms with E-state index in [1.54, 1.807) is 6.07 Å². The molecule has 2 nitrogen and oxygen atoms in total. The third-order valence-electron chi connectivity index (χ3n) is 1.42. The van der Waals surface area contributed by atoms with Crippen molar-refractivity contribution in [1.29, 1.82) is 0 Å². The highest BCUT2D eigenvalue weighted by molar-refractivity contribution is 7.39. The van der Waals surface area contributed by atoms with Crippen molar-refractivity contribution in [1.82, 2.24) is 0 Å².